The molecule has 12 heteroatoms. The minimum atomic E-state index is -4.41. The van der Waals surface area contributed by atoms with Crippen LogP contribution in [-0.2, 0) is 33.5 Å². The van der Waals surface area contributed by atoms with E-state index in [0.717, 1.165) is 18.7 Å². The van der Waals surface area contributed by atoms with Gasteiger partial charge in [0.25, 0.3) is 0 Å². The van der Waals surface area contributed by atoms with Crippen molar-refractivity contribution in [2.24, 2.45) is 24.3 Å². The summed E-state index contributed by atoms with van der Waals surface area (Å²) >= 11 is 0. The number of azo groups is 1. The Bertz CT molecular complexity index is 933. The Kier molecular flexibility index (Phi) is 8.22. The molecule has 11 nitrogen and oxygen atoms in total. The third-order valence-electron chi connectivity index (χ3n) is 3.37. The van der Waals surface area contributed by atoms with Crippen molar-refractivity contribution in [3.05, 3.63) is 30.6 Å². The molecule has 0 aliphatic carbocycles. The van der Waals surface area contributed by atoms with Crippen LogP contribution in [0.3, 0.4) is 0 Å². The largest absolute Gasteiger partial charge is 0.726 e. The van der Waals surface area contributed by atoms with Gasteiger partial charge in [0.1, 0.15) is 5.69 Å². The number of carbonyl (C=O) groups is 1. The number of benzene rings is 1. The van der Waals surface area contributed by atoms with Gasteiger partial charge < -0.3 is 14.8 Å². The number of anilines is 2. The first-order chi connectivity index (χ1) is 12.9. The van der Waals surface area contributed by atoms with Crippen LogP contribution in [0.5, 0.6) is 0 Å². The van der Waals surface area contributed by atoms with Gasteiger partial charge in [-0.3, -0.25) is 8.98 Å². The Morgan fingerprint density at radius 2 is 1.93 bits per heavy atom. The summed E-state index contributed by atoms with van der Waals surface area (Å²) in [6.45, 7) is 1.48. The molecule has 2 rings (SSSR count). The summed E-state index contributed by atoms with van der Waals surface area (Å²) in [5.74, 6) is 0.615. The molecule has 1 N–H and O–H groups in total. The molecule has 0 aliphatic rings. The van der Waals surface area contributed by atoms with E-state index in [1.54, 1.807) is 0 Å². The zero-order valence-corrected chi connectivity index (χ0v) is 17.4. The Morgan fingerprint density at radius 3 is 2.36 bits per heavy atom. The van der Waals surface area contributed by atoms with Gasteiger partial charge in [-0.05, 0) is 18.2 Å². The maximum atomic E-state index is 11.2. The molecule has 154 valence electrons. The number of hydrogen-bond donors (Lipinski definition) is 1. The van der Waals surface area contributed by atoms with Crippen molar-refractivity contribution in [2.45, 2.75) is 6.92 Å². The molecule has 1 aromatic heterocycles. The van der Waals surface area contributed by atoms with Gasteiger partial charge in [-0.1, -0.05) is 5.11 Å². The first-order valence-corrected chi connectivity index (χ1v) is 9.31. The summed E-state index contributed by atoms with van der Waals surface area (Å²) in [5, 5.41) is 11.4. The number of imidazole rings is 1. The van der Waals surface area contributed by atoms with Crippen molar-refractivity contribution in [1.82, 2.24) is 4.57 Å². The molecule has 0 aliphatic heterocycles. The Hall–Kier alpha value is -2.83. The van der Waals surface area contributed by atoms with E-state index in [4.69, 9.17) is 0 Å². The van der Waals surface area contributed by atoms with E-state index in [2.05, 4.69) is 19.7 Å². The Morgan fingerprint density at radius 1 is 1.32 bits per heavy atom. The second kappa shape index (κ2) is 9.92. The SMILES string of the molecule is CC(=O)Nc1ccc(N(C)C)c(N=Nc2n(C)cc[n+]2C)c1.COS(=O)(=O)[O-]. The van der Waals surface area contributed by atoms with Crippen molar-refractivity contribution in [3.8, 4) is 0 Å². The minimum absolute atomic E-state index is 0.116. The van der Waals surface area contributed by atoms with Crippen molar-refractivity contribution in [2.75, 3.05) is 31.4 Å². The summed E-state index contributed by atoms with van der Waals surface area (Å²) in [6, 6.07) is 5.56. The van der Waals surface area contributed by atoms with E-state index in [-0.39, 0.29) is 5.91 Å². The van der Waals surface area contributed by atoms with Crippen LogP contribution < -0.4 is 14.8 Å². The fourth-order valence-electron chi connectivity index (χ4n) is 2.08. The maximum absolute atomic E-state index is 11.2. The average molecular weight is 412 g/mol. The first kappa shape index (κ1) is 23.2. The lowest BCUT2D eigenvalue weighted by Crippen LogP contribution is -2.25. The Balaban J connectivity index is 0.000000568. The van der Waals surface area contributed by atoms with E-state index in [1.807, 2.05) is 72.8 Å². The van der Waals surface area contributed by atoms with E-state index in [0.29, 0.717) is 11.4 Å². The molecule has 0 spiro atoms. The quantitative estimate of drug-likeness (QED) is 0.341. The second-order valence-corrected chi connectivity index (χ2v) is 7.02. The zero-order chi connectivity index (χ0) is 21.5. The van der Waals surface area contributed by atoms with Crippen molar-refractivity contribution in [1.29, 1.82) is 0 Å². The molecule has 1 aromatic carbocycles. The molecular weight excluding hydrogens is 388 g/mol. The summed E-state index contributed by atoms with van der Waals surface area (Å²) in [5.41, 5.74) is 2.32. The summed E-state index contributed by atoms with van der Waals surface area (Å²) in [4.78, 5) is 13.2. The average Bonchev–Trinajstić information content (AvgIpc) is 2.90. The highest BCUT2D eigenvalue weighted by Gasteiger charge is 2.12. The van der Waals surface area contributed by atoms with E-state index in [1.165, 1.54) is 6.92 Å². The molecule has 0 bridgehead atoms. The fourth-order valence-corrected chi connectivity index (χ4v) is 2.08. The highest BCUT2D eigenvalue weighted by Crippen LogP contribution is 2.31. The van der Waals surface area contributed by atoms with Crippen LogP contribution >= 0.6 is 0 Å². The summed E-state index contributed by atoms with van der Waals surface area (Å²) in [6.07, 6.45) is 3.82. The predicted octanol–water partition coefficient (Wildman–Crippen LogP) is 1.38. The summed E-state index contributed by atoms with van der Waals surface area (Å²) < 4.78 is 34.8. The molecular formula is C16H24N6O5S. The standard InChI is InChI=1S/C15H20N6O.CH4O4S/c1-11(22)16-12-6-7-14(19(2)3)13(10-12)17-18-15-20(4)8-9-21(15)5;1-5-6(2,3)4/h6-10H,1-5H3;1H3,(H,2,3,4). The smallest absolute Gasteiger partial charge is 0.421 e. The number of nitrogens with zero attached hydrogens (tertiary/aromatic N) is 5. The molecule has 1 heterocycles. The lowest BCUT2D eigenvalue weighted by Gasteiger charge is -2.15. The van der Waals surface area contributed by atoms with E-state index < -0.39 is 10.4 Å². The number of rotatable bonds is 5. The lowest BCUT2D eigenvalue weighted by atomic mass is 10.2. The molecule has 0 fully saturated rings. The molecule has 0 saturated carbocycles. The van der Waals surface area contributed by atoms with Gasteiger partial charge in [0.15, 0.2) is 0 Å². The predicted molar refractivity (Wildman–Crippen MR) is 103 cm³/mol. The third kappa shape index (κ3) is 7.42. The van der Waals surface area contributed by atoms with Crippen molar-refractivity contribution >= 4 is 39.3 Å². The Labute approximate surface area is 164 Å². The number of amides is 1. The van der Waals surface area contributed by atoms with Crippen LogP contribution in [0.25, 0.3) is 0 Å². The minimum Gasteiger partial charge on any atom is -0.726 e. The van der Waals surface area contributed by atoms with E-state index in [9.17, 15) is 17.8 Å². The lowest BCUT2D eigenvalue weighted by molar-refractivity contribution is -0.657. The van der Waals surface area contributed by atoms with Crippen LogP contribution in [-0.4, -0.2) is 44.6 Å². The van der Waals surface area contributed by atoms with Crippen LogP contribution in [0.2, 0.25) is 0 Å². The van der Waals surface area contributed by atoms with Crippen LogP contribution in [0.4, 0.5) is 23.0 Å². The van der Waals surface area contributed by atoms with Gasteiger partial charge in [-0.2, -0.15) is 0 Å². The fraction of sp³-hybridized carbons (Fsp3) is 0.375. The second-order valence-electron chi connectivity index (χ2n) is 5.87. The van der Waals surface area contributed by atoms with Gasteiger partial charge in [0, 0.05) is 31.8 Å². The van der Waals surface area contributed by atoms with Gasteiger partial charge in [0.2, 0.25) is 16.3 Å². The first-order valence-electron chi connectivity index (χ1n) is 7.97. The normalized spacial score (nSPS) is 11.1. The summed E-state index contributed by atoms with van der Waals surface area (Å²) in [7, 11) is 4.10. The van der Waals surface area contributed by atoms with Gasteiger partial charge >= 0.3 is 5.95 Å². The molecule has 0 radical (unpaired) electrons. The zero-order valence-electron chi connectivity index (χ0n) is 16.6. The highest BCUT2D eigenvalue weighted by molar-refractivity contribution is 7.80. The molecule has 2 aromatic rings. The molecule has 1 amide bonds. The number of carbonyl (C=O) groups excluding carboxylic acids is 1. The number of aryl methyl sites for hydroxylation is 2. The molecule has 0 atom stereocenters. The third-order valence-corrected chi connectivity index (χ3v) is 3.78. The van der Waals surface area contributed by atoms with Crippen LogP contribution in [0.15, 0.2) is 40.8 Å². The highest BCUT2D eigenvalue weighted by atomic mass is 32.3. The molecule has 28 heavy (non-hydrogen) atoms. The van der Waals surface area contributed by atoms with Crippen LogP contribution in [0, 0.1) is 0 Å². The molecule has 0 saturated heterocycles. The van der Waals surface area contributed by atoms with Crippen LogP contribution in [0.1, 0.15) is 6.92 Å². The van der Waals surface area contributed by atoms with Gasteiger partial charge in [-0.25, -0.2) is 17.6 Å². The monoisotopic (exact) mass is 412 g/mol. The van der Waals surface area contributed by atoms with Gasteiger partial charge in [0.05, 0.1) is 39.3 Å². The van der Waals surface area contributed by atoms with Crippen molar-refractivity contribution < 1.29 is 26.5 Å². The number of aromatic nitrogens is 2. The number of hydrogen-bond acceptors (Lipinski definition) is 8. The number of nitrogens with one attached hydrogen (secondary N) is 1. The maximum Gasteiger partial charge on any atom is 0.421 e. The van der Waals surface area contributed by atoms with Gasteiger partial charge in [-0.15, -0.1) is 0 Å². The van der Waals surface area contributed by atoms with Crippen molar-refractivity contribution in [3.63, 3.8) is 0 Å². The van der Waals surface area contributed by atoms with E-state index >= 15 is 0 Å². The topological polar surface area (TPSA) is 132 Å². The molecule has 0 unspecified atom stereocenters.